The predicted molar refractivity (Wildman–Crippen MR) is 89.2 cm³/mol. The summed E-state index contributed by atoms with van der Waals surface area (Å²) in [4.78, 5) is 26.1. The van der Waals surface area contributed by atoms with Crippen LogP contribution in [0.1, 0.15) is 32.6 Å². The number of sulfonamides is 1. The van der Waals surface area contributed by atoms with Gasteiger partial charge in [0.1, 0.15) is 5.54 Å². The fraction of sp³-hybridized carbons (Fsp3) is 0.500. The van der Waals surface area contributed by atoms with Crippen molar-refractivity contribution in [2.45, 2.75) is 43.4 Å². The topological polar surface area (TPSA) is 95.6 Å². The maximum atomic E-state index is 12.7. The van der Waals surface area contributed by atoms with Crippen LogP contribution in [0, 0.1) is 5.92 Å². The molecule has 3 aliphatic rings. The molecule has 128 valence electrons. The van der Waals surface area contributed by atoms with Crippen molar-refractivity contribution in [1.29, 1.82) is 0 Å². The molecule has 1 saturated heterocycles. The van der Waals surface area contributed by atoms with Gasteiger partial charge in [-0.15, -0.1) is 0 Å². The summed E-state index contributed by atoms with van der Waals surface area (Å²) < 4.78 is 26.6. The van der Waals surface area contributed by atoms with Gasteiger partial charge in [0.2, 0.25) is 10.0 Å². The summed E-state index contributed by atoms with van der Waals surface area (Å²) >= 11 is 0. The van der Waals surface area contributed by atoms with Crippen molar-refractivity contribution >= 4 is 33.3 Å². The molecule has 2 saturated carbocycles. The van der Waals surface area contributed by atoms with Gasteiger partial charge in [-0.1, -0.05) is 6.07 Å². The van der Waals surface area contributed by atoms with Gasteiger partial charge in [0.05, 0.1) is 16.6 Å². The van der Waals surface area contributed by atoms with E-state index in [0.29, 0.717) is 24.2 Å². The van der Waals surface area contributed by atoms with E-state index >= 15 is 0 Å². The van der Waals surface area contributed by atoms with Gasteiger partial charge in [0, 0.05) is 0 Å². The molecular weight excluding hydrogens is 330 g/mol. The van der Waals surface area contributed by atoms with E-state index in [-0.39, 0.29) is 17.1 Å². The van der Waals surface area contributed by atoms with Crippen LogP contribution in [0.2, 0.25) is 0 Å². The lowest BCUT2D eigenvalue weighted by Crippen LogP contribution is -2.46. The highest BCUT2D eigenvalue weighted by Gasteiger charge is 2.56. The zero-order valence-corrected chi connectivity index (χ0v) is 14.1. The van der Waals surface area contributed by atoms with Crippen molar-refractivity contribution in [3.63, 3.8) is 0 Å². The number of amides is 3. The second-order valence-electron chi connectivity index (χ2n) is 6.94. The van der Waals surface area contributed by atoms with Crippen molar-refractivity contribution in [3.05, 3.63) is 24.3 Å². The Morgan fingerprint density at radius 1 is 1.21 bits per heavy atom. The molecule has 4 rings (SSSR count). The fourth-order valence-corrected chi connectivity index (χ4v) is 4.54. The third kappa shape index (κ3) is 2.45. The van der Waals surface area contributed by atoms with Gasteiger partial charge >= 0.3 is 6.03 Å². The third-order valence-electron chi connectivity index (χ3n) is 4.94. The van der Waals surface area contributed by atoms with Crippen LogP contribution >= 0.6 is 0 Å². The number of carbonyl (C=O) groups excluding carboxylic acids is 2. The standard InChI is InChI=1S/C16H19N3O4S/c1-16(10-5-6-10)14(20)19(15(21)17-16)12-4-2-3-11(9-12)18-24(22,23)13-7-8-13/h2-4,9-10,13,18H,5-8H2,1H3,(H,17,21). The molecular formula is C16H19N3O4S. The van der Waals surface area contributed by atoms with Gasteiger partial charge < -0.3 is 5.32 Å². The Morgan fingerprint density at radius 3 is 2.54 bits per heavy atom. The van der Waals surface area contributed by atoms with Gasteiger partial charge in [-0.2, -0.15) is 0 Å². The van der Waals surface area contributed by atoms with Crippen molar-refractivity contribution in [3.8, 4) is 0 Å². The summed E-state index contributed by atoms with van der Waals surface area (Å²) in [5.41, 5.74) is -0.126. The molecule has 1 aromatic carbocycles. The highest BCUT2D eigenvalue weighted by Crippen LogP contribution is 2.43. The molecule has 7 nitrogen and oxygen atoms in total. The first kappa shape index (κ1) is 15.4. The van der Waals surface area contributed by atoms with E-state index in [2.05, 4.69) is 10.0 Å². The Hall–Kier alpha value is -2.09. The molecule has 0 spiro atoms. The number of imide groups is 1. The predicted octanol–water partition coefficient (Wildman–Crippen LogP) is 1.82. The highest BCUT2D eigenvalue weighted by molar-refractivity contribution is 7.93. The average Bonchev–Trinajstić information content (AvgIpc) is 3.39. The number of urea groups is 1. The van der Waals surface area contributed by atoms with E-state index in [9.17, 15) is 18.0 Å². The number of benzene rings is 1. The minimum Gasteiger partial charge on any atom is -0.323 e. The molecule has 0 radical (unpaired) electrons. The summed E-state index contributed by atoms with van der Waals surface area (Å²) in [6.45, 7) is 1.75. The zero-order chi connectivity index (χ0) is 17.1. The Morgan fingerprint density at radius 2 is 1.92 bits per heavy atom. The number of hydrogen-bond acceptors (Lipinski definition) is 4. The molecule has 1 atom stereocenters. The van der Waals surface area contributed by atoms with E-state index < -0.39 is 21.6 Å². The van der Waals surface area contributed by atoms with Crippen LogP contribution in [0.5, 0.6) is 0 Å². The van der Waals surface area contributed by atoms with Crippen LogP contribution in [0.25, 0.3) is 0 Å². The largest absolute Gasteiger partial charge is 0.329 e. The smallest absolute Gasteiger partial charge is 0.323 e. The SMILES string of the molecule is CC1(C2CC2)NC(=O)N(c2cccc(NS(=O)(=O)C3CC3)c2)C1=O. The third-order valence-corrected chi connectivity index (χ3v) is 6.81. The quantitative estimate of drug-likeness (QED) is 0.793. The molecule has 8 heteroatoms. The van der Waals surface area contributed by atoms with Gasteiger partial charge in [-0.3, -0.25) is 9.52 Å². The second kappa shape index (κ2) is 4.95. The van der Waals surface area contributed by atoms with Crippen LogP contribution in [-0.2, 0) is 14.8 Å². The van der Waals surface area contributed by atoms with E-state index in [4.69, 9.17) is 0 Å². The molecule has 1 aliphatic heterocycles. The fourth-order valence-electron chi connectivity index (χ4n) is 3.16. The molecule has 1 heterocycles. The highest BCUT2D eigenvalue weighted by atomic mass is 32.2. The van der Waals surface area contributed by atoms with Crippen LogP contribution in [0.4, 0.5) is 16.2 Å². The first-order valence-corrected chi connectivity index (χ1v) is 9.64. The molecule has 1 aromatic rings. The number of carbonyl (C=O) groups is 2. The minimum absolute atomic E-state index is 0.176. The molecule has 0 aromatic heterocycles. The first-order valence-electron chi connectivity index (χ1n) is 8.10. The Bertz CT molecular complexity index is 829. The van der Waals surface area contributed by atoms with Crippen LogP contribution in [-0.4, -0.2) is 31.1 Å². The average molecular weight is 349 g/mol. The molecule has 2 aliphatic carbocycles. The summed E-state index contributed by atoms with van der Waals surface area (Å²) in [7, 11) is -3.39. The lowest BCUT2D eigenvalue weighted by Gasteiger charge is -2.21. The normalized spacial score (nSPS) is 27.3. The molecule has 0 bridgehead atoms. The number of rotatable bonds is 5. The summed E-state index contributed by atoms with van der Waals surface area (Å²) in [5, 5.41) is 2.45. The summed E-state index contributed by atoms with van der Waals surface area (Å²) in [6.07, 6.45) is 3.19. The van der Waals surface area contributed by atoms with Crippen molar-refractivity contribution in [2.75, 3.05) is 9.62 Å². The Balaban J connectivity index is 1.61. The van der Waals surface area contributed by atoms with Crippen LogP contribution < -0.4 is 14.9 Å². The van der Waals surface area contributed by atoms with Crippen LogP contribution in [0.3, 0.4) is 0 Å². The van der Waals surface area contributed by atoms with E-state index in [1.54, 1.807) is 25.1 Å². The van der Waals surface area contributed by atoms with Crippen molar-refractivity contribution in [1.82, 2.24) is 5.32 Å². The Kier molecular flexibility index (Phi) is 3.19. The molecule has 3 amide bonds. The van der Waals surface area contributed by atoms with Crippen molar-refractivity contribution in [2.24, 2.45) is 5.92 Å². The number of hydrogen-bond donors (Lipinski definition) is 2. The first-order chi connectivity index (χ1) is 11.3. The second-order valence-corrected chi connectivity index (χ2v) is 8.90. The molecule has 24 heavy (non-hydrogen) atoms. The maximum absolute atomic E-state index is 12.7. The van der Waals surface area contributed by atoms with Gasteiger partial charge in [0.15, 0.2) is 0 Å². The number of nitrogens with one attached hydrogen (secondary N) is 2. The van der Waals surface area contributed by atoms with Gasteiger partial charge in [-0.05, 0) is 56.7 Å². The van der Waals surface area contributed by atoms with E-state index in [1.165, 1.54) is 6.07 Å². The Labute approximate surface area is 140 Å². The summed E-state index contributed by atoms with van der Waals surface area (Å²) in [5.74, 6) is -0.104. The lowest BCUT2D eigenvalue weighted by atomic mass is 9.96. The number of anilines is 2. The number of nitrogens with zero attached hydrogens (tertiary/aromatic N) is 1. The van der Waals surface area contributed by atoms with E-state index in [1.807, 2.05) is 0 Å². The monoisotopic (exact) mass is 349 g/mol. The summed E-state index contributed by atoms with van der Waals surface area (Å²) in [6, 6.07) is 5.94. The minimum atomic E-state index is -3.39. The van der Waals surface area contributed by atoms with Crippen molar-refractivity contribution < 1.29 is 18.0 Å². The molecule has 3 fully saturated rings. The lowest BCUT2D eigenvalue weighted by molar-refractivity contribution is -0.122. The van der Waals surface area contributed by atoms with Gasteiger partial charge in [-0.25, -0.2) is 18.1 Å². The molecule has 2 N–H and O–H groups in total. The maximum Gasteiger partial charge on any atom is 0.329 e. The van der Waals surface area contributed by atoms with Crippen LogP contribution in [0.15, 0.2) is 24.3 Å². The van der Waals surface area contributed by atoms with Gasteiger partial charge in [0.25, 0.3) is 5.91 Å². The van der Waals surface area contributed by atoms with E-state index in [0.717, 1.165) is 17.7 Å². The zero-order valence-electron chi connectivity index (χ0n) is 13.3. The molecule has 1 unspecified atom stereocenters.